The van der Waals surface area contributed by atoms with Gasteiger partial charge in [-0.2, -0.15) is 0 Å². The molecule has 0 heterocycles. The van der Waals surface area contributed by atoms with Crippen molar-refractivity contribution in [3.8, 4) is 0 Å². The van der Waals surface area contributed by atoms with Crippen LogP contribution in [0.2, 0.25) is 0 Å². The zero-order chi connectivity index (χ0) is 8.13. The van der Waals surface area contributed by atoms with Crippen molar-refractivity contribution >= 4 is 0 Å². The summed E-state index contributed by atoms with van der Waals surface area (Å²) in [5.74, 6) is 5.75. The van der Waals surface area contributed by atoms with Crippen molar-refractivity contribution in [1.29, 1.82) is 0 Å². The lowest BCUT2D eigenvalue weighted by Gasteiger charge is -2.53. The van der Waals surface area contributed by atoms with Gasteiger partial charge in [-0.05, 0) is 42.4 Å². The van der Waals surface area contributed by atoms with E-state index in [1.54, 1.807) is 38.5 Å². The van der Waals surface area contributed by atoms with Crippen molar-refractivity contribution in [2.45, 2.75) is 45.4 Å². The molecule has 0 aromatic rings. The molecule has 0 saturated heterocycles. The minimum atomic E-state index is 1.07. The normalized spacial score (nSPS) is 57.2. The third kappa shape index (κ3) is 0.843. The van der Waals surface area contributed by atoms with Gasteiger partial charge in [-0.25, -0.2) is 0 Å². The van der Waals surface area contributed by atoms with Crippen LogP contribution in [0.25, 0.3) is 0 Å². The van der Waals surface area contributed by atoms with Crippen molar-refractivity contribution in [2.75, 3.05) is 0 Å². The third-order valence-electron chi connectivity index (χ3n) is 5.02. The van der Waals surface area contributed by atoms with E-state index < -0.39 is 0 Å². The zero-order valence-corrected chi connectivity index (χ0v) is 8.13. The molecule has 4 fully saturated rings. The Labute approximate surface area is 75.7 Å². The quantitative estimate of drug-likeness (QED) is 0.514. The molecule has 0 nitrogen and oxygen atoms in total. The van der Waals surface area contributed by atoms with Gasteiger partial charge in [0.1, 0.15) is 0 Å². The summed E-state index contributed by atoms with van der Waals surface area (Å²) in [7, 11) is 0. The van der Waals surface area contributed by atoms with Gasteiger partial charge in [0.25, 0.3) is 0 Å². The Morgan fingerprint density at radius 1 is 0.917 bits per heavy atom. The van der Waals surface area contributed by atoms with E-state index in [0.717, 1.165) is 17.8 Å². The van der Waals surface area contributed by atoms with E-state index in [1.807, 2.05) is 0 Å². The van der Waals surface area contributed by atoms with E-state index in [1.165, 1.54) is 11.8 Å². The number of rotatable bonds is 0. The van der Waals surface area contributed by atoms with Gasteiger partial charge in [0.15, 0.2) is 0 Å². The highest BCUT2D eigenvalue weighted by Gasteiger charge is 2.50. The Kier molecular flexibility index (Phi) is 1.54. The largest absolute Gasteiger partial charge is 0.0622 e. The standard InChI is InChI=1S/C12H20/c1-8-5-6-9-3-2-4-10-7-11(9)12(8)10/h8-12H,2-7H2,1H3/t8?,9-,10?,11?,12?/m1/s1. The maximum atomic E-state index is 2.51. The molecule has 0 N–H and O–H groups in total. The summed E-state index contributed by atoms with van der Waals surface area (Å²) in [6.45, 7) is 2.51. The molecule has 68 valence electrons. The molecule has 0 heteroatoms. The molecule has 0 aromatic heterocycles. The molecular weight excluding hydrogens is 144 g/mol. The van der Waals surface area contributed by atoms with E-state index >= 15 is 0 Å². The first-order valence-corrected chi connectivity index (χ1v) is 5.86. The van der Waals surface area contributed by atoms with Crippen molar-refractivity contribution in [2.24, 2.45) is 29.6 Å². The van der Waals surface area contributed by atoms with Crippen LogP contribution in [0.4, 0.5) is 0 Å². The minimum absolute atomic E-state index is 1.07. The number of hydrogen-bond donors (Lipinski definition) is 0. The SMILES string of the molecule is CC1CC[C@H]2CCCC3CC2C13. The molecule has 4 aliphatic carbocycles. The van der Waals surface area contributed by atoms with Crippen LogP contribution in [-0.4, -0.2) is 0 Å². The highest BCUT2D eigenvalue weighted by Crippen LogP contribution is 2.59. The summed E-state index contributed by atoms with van der Waals surface area (Å²) in [6.07, 6.45) is 9.42. The van der Waals surface area contributed by atoms with Gasteiger partial charge in [-0.15, -0.1) is 0 Å². The average molecular weight is 164 g/mol. The fraction of sp³-hybridized carbons (Fsp3) is 1.00. The molecule has 0 aromatic carbocycles. The van der Waals surface area contributed by atoms with E-state index in [2.05, 4.69) is 6.92 Å². The summed E-state index contributed by atoms with van der Waals surface area (Å²) < 4.78 is 0. The second-order valence-electron chi connectivity index (χ2n) is 5.48. The lowest BCUT2D eigenvalue weighted by molar-refractivity contribution is -0.0384. The van der Waals surface area contributed by atoms with E-state index in [0.29, 0.717) is 0 Å². The predicted molar refractivity (Wildman–Crippen MR) is 50.8 cm³/mol. The van der Waals surface area contributed by atoms with Crippen molar-refractivity contribution in [3.05, 3.63) is 0 Å². The number of hydrogen-bond acceptors (Lipinski definition) is 0. The van der Waals surface area contributed by atoms with Gasteiger partial charge in [-0.1, -0.05) is 32.6 Å². The van der Waals surface area contributed by atoms with Crippen LogP contribution in [0.1, 0.15) is 45.4 Å². The molecule has 4 unspecified atom stereocenters. The molecule has 0 aliphatic heterocycles. The molecule has 0 spiro atoms. The molecular formula is C12H20. The van der Waals surface area contributed by atoms with Crippen LogP contribution in [0.3, 0.4) is 0 Å². The van der Waals surface area contributed by atoms with Crippen LogP contribution in [-0.2, 0) is 0 Å². The Balaban J connectivity index is 1.87. The first-order chi connectivity index (χ1) is 5.86. The third-order valence-corrected chi connectivity index (χ3v) is 5.02. The summed E-state index contributed by atoms with van der Waals surface area (Å²) in [6, 6.07) is 0. The van der Waals surface area contributed by atoms with Crippen molar-refractivity contribution in [1.82, 2.24) is 0 Å². The smallest absolute Gasteiger partial charge is 0.0329 e. The van der Waals surface area contributed by atoms with Crippen LogP contribution >= 0.6 is 0 Å². The fourth-order valence-corrected chi connectivity index (χ4v) is 4.41. The second kappa shape index (κ2) is 2.49. The first-order valence-electron chi connectivity index (χ1n) is 5.86. The lowest BCUT2D eigenvalue weighted by atomic mass is 9.52. The van der Waals surface area contributed by atoms with Gasteiger partial charge in [0.2, 0.25) is 0 Å². The van der Waals surface area contributed by atoms with E-state index in [-0.39, 0.29) is 0 Å². The summed E-state index contributed by atoms with van der Waals surface area (Å²) in [4.78, 5) is 0. The highest BCUT2D eigenvalue weighted by atomic mass is 14.6. The number of fused-ring (bicyclic) bond motifs is 2. The molecule has 4 rings (SSSR count). The van der Waals surface area contributed by atoms with Crippen LogP contribution in [0, 0.1) is 29.6 Å². The van der Waals surface area contributed by atoms with E-state index in [4.69, 9.17) is 0 Å². The highest BCUT2D eigenvalue weighted by molar-refractivity contribution is 5.00. The Morgan fingerprint density at radius 2 is 1.75 bits per heavy atom. The molecule has 12 heavy (non-hydrogen) atoms. The topological polar surface area (TPSA) is 0 Å². The molecule has 4 saturated carbocycles. The molecule has 0 amide bonds. The average Bonchev–Trinajstić information content (AvgIpc) is 2.27. The summed E-state index contributed by atoms with van der Waals surface area (Å²) in [5.41, 5.74) is 0. The lowest BCUT2D eigenvalue weighted by Crippen LogP contribution is -2.45. The molecule has 5 atom stereocenters. The second-order valence-corrected chi connectivity index (χ2v) is 5.48. The van der Waals surface area contributed by atoms with Gasteiger partial charge in [0, 0.05) is 0 Å². The van der Waals surface area contributed by atoms with Gasteiger partial charge in [-0.3, -0.25) is 0 Å². The molecule has 4 aliphatic rings. The molecule has 4 bridgehead atoms. The van der Waals surface area contributed by atoms with Gasteiger partial charge >= 0.3 is 0 Å². The Morgan fingerprint density at radius 3 is 2.67 bits per heavy atom. The van der Waals surface area contributed by atoms with Gasteiger partial charge < -0.3 is 0 Å². The first kappa shape index (κ1) is 7.41. The zero-order valence-electron chi connectivity index (χ0n) is 8.13. The van der Waals surface area contributed by atoms with E-state index in [9.17, 15) is 0 Å². The molecule has 0 radical (unpaired) electrons. The van der Waals surface area contributed by atoms with Crippen LogP contribution < -0.4 is 0 Å². The summed E-state index contributed by atoms with van der Waals surface area (Å²) >= 11 is 0. The fourth-order valence-electron chi connectivity index (χ4n) is 4.41. The Bertz CT molecular complexity index is 184. The van der Waals surface area contributed by atoms with Crippen molar-refractivity contribution in [3.63, 3.8) is 0 Å². The van der Waals surface area contributed by atoms with Crippen LogP contribution in [0.5, 0.6) is 0 Å². The van der Waals surface area contributed by atoms with Crippen LogP contribution in [0.15, 0.2) is 0 Å². The van der Waals surface area contributed by atoms with Crippen molar-refractivity contribution < 1.29 is 0 Å². The monoisotopic (exact) mass is 164 g/mol. The Hall–Kier alpha value is 0. The maximum absolute atomic E-state index is 2.51. The predicted octanol–water partition coefficient (Wildman–Crippen LogP) is 3.47. The minimum Gasteiger partial charge on any atom is -0.0622 e. The maximum Gasteiger partial charge on any atom is -0.0329 e. The van der Waals surface area contributed by atoms with Gasteiger partial charge in [0.05, 0.1) is 0 Å². The summed E-state index contributed by atoms with van der Waals surface area (Å²) in [5, 5.41) is 0.